The van der Waals surface area contributed by atoms with Crippen LogP contribution in [-0.2, 0) is 21.3 Å². The van der Waals surface area contributed by atoms with Gasteiger partial charge in [-0.3, -0.25) is 9.80 Å². The molecule has 5 rings (SSSR count). The van der Waals surface area contributed by atoms with Crippen molar-refractivity contribution < 1.29 is 17.9 Å². The topological polar surface area (TPSA) is 96.8 Å². The maximum atomic E-state index is 13.2. The number of anilines is 1. The lowest BCUT2D eigenvalue weighted by Crippen LogP contribution is -2.48. The zero-order valence-corrected chi connectivity index (χ0v) is 17.7. The van der Waals surface area contributed by atoms with Crippen LogP contribution in [0.3, 0.4) is 0 Å². The molecule has 10 heteroatoms. The third-order valence-electron chi connectivity index (χ3n) is 5.72. The van der Waals surface area contributed by atoms with E-state index in [0.717, 1.165) is 24.3 Å². The Morgan fingerprint density at radius 1 is 1.06 bits per heavy atom. The first-order valence-corrected chi connectivity index (χ1v) is 11.6. The molecule has 4 heterocycles. The molecule has 2 aliphatic rings. The van der Waals surface area contributed by atoms with Gasteiger partial charge in [-0.05, 0) is 18.2 Å². The predicted molar refractivity (Wildman–Crippen MR) is 116 cm³/mol. The molecule has 3 aromatic rings. The molecule has 1 saturated heterocycles. The van der Waals surface area contributed by atoms with Crippen molar-refractivity contribution in [3.8, 4) is 0 Å². The second-order valence-electron chi connectivity index (χ2n) is 7.56. The largest absolute Gasteiger partial charge is 0.379 e. The predicted octanol–water partition coefficient (Wildman–Crippen LogP) is 1.64. The fourth-order valence-electron chi connectivity index (χ4n) is 4.09. The molecule has 2 aliphatic heterocycles. The Labute approximate surface area is 180 Å². The number of hydrogen-bond donors (Lipinski definition) is 1. The number of carbonyl (C=O) groups is 1. The maximum Gasteiger partial charge on any atom is 0.322 e. The van der Waals surface area contributed by atoms with Crippen LogP contribution in [0.4, 0.5) is 10.5 Å². The summed E-state index contributed by atoms with van der Waals surface area (Å²) in [5.74, 6) is 0. The Morgan fingerprint density at radius 3 is 2.61 bits per heavy atom. The number of urea groups is 1. The van der Waals surface area contributed by atoms with Crippen LogP contribution in [-0.4, -0.2) is 67.7 Å². The van der Waals surface area contributed by atoms with Crippen LogP contribution in [0.1, 0.15) is 5.56 Å². The molecule has 1 N–H and O–H groups in total. The van der Waals surface area contributed by atoms with Gasteiger partial charge in [0, 0.05) is 56.1 Å². The van der Waals surface area contributed by atoms with Crippen molar-refractivity contribution in [1.29, 1.82) is 0 Å². The van der Waals surface area contributed by atoms with Crippen molar-refractivity contribution in [2.45, 2.75) is 11.4 Å². The number of amides is 2. The number of fused-ring (bicyclic) bond motifs is 3. The van der Waals surface area contributed by atoms with Crippen LogP contribution < -0.4 is 10.2 Å². The first-order chi connectivity index (χ1) is 15.1. The number of benzene rings is 1. The summed E-state index contributed by atoms with van der Waals surface area (Å²) in [7, 11) is -3.80. The second kappa shape index (κ2) is 7.95. The third-order valence-corrected chi connectivity index (χ3v) is 7.40. The minimum absolute atomic E-state index is 0.188. The fourth-order valence-corrected chi connectivity index (χ4v) is 5.41. The Kier molecular flexibility index (Phi) is 5.12. The highest BCUT2D eigenvalue weighted by Gasteiger charge is 2.29. The molecule has 1 aromatic carbocycles. The molecule has 0 bridgehead atoms. The van der Waals surface area contributed by atoms with Gasteiger partial charge in [-0.1, -0.05) is 18.2 Å². The number of morpholine rings is 1. The van der Waals surface area contributed by atoms with Gasteiger partial charge in [0.15, 0.2) is 5.65 Å². The number of carbonyl (C=O) groups excluding carboxylic acids is 1. The zero-order chi connectivity index (χ0) is 21.4. The average molecular weight is 442 g/mol. The Balaban J connectivity index is 1.54. The molecule has 0 aliphatic carbocycles. The van der Waals surface area contributed by atoms with E-state index in [0.29, 0.717) is 43.9 Å². The molecule has 162 valence electrons. The van der Waals surface area contributed by atoms with Crippen LogP contribution in [0.5, 0.6) is 0 Å². The van der Waals surface area contributed by atoms with E-state index < -0.39 is 10.0 Å². The maximum absolute atomic E-state index is 13.2. The zero-order valence-electron chi connectivity index (χ0n) is 16.9. The number of aromatic nitrogens is 2. The van der Waals surface area contributed by atoms with Crippen LogP contribution in [0.2, 0.25) is 0 Å². The summed E-state index contributed by atoms with van der Waals surface area (Å²) in [5, 5.41) is 3.53. The lowest BCUT2D eigenvalue weighted by molar-refractivity contribution is 0.0393. The van der Waals surface area contributed by atoms with Crippen LogP contribution in [0.25, 0.3) is 11.0 Å². The smallest absolute Gasteiger partial charge is 0.322 e. The summed E-state index contributed by atoms with van der Waals surface area (Å²) < 4.78 is 32.9. The summed E-state index contributed by atoms with van der Waals surface area (Å²) in [6, 6.07) is 9.79. The number of ether oxygens (including phenoxy) is 1. The number of rotatable bonds is 5. The summed E-state index contributed by atoms with van der Waals surface area (Å²) in [5.41, 5.74) is 1.90. The first-order valence-electron chi connectivity index (χ1n) is 10.2. The van der Waals surface area contributed by atoms with E-state index in [1.165, 1.54) is 10.2 Å². The van der Waals surface area contributed by atoms with Crippen molar-refractivity contribution in [1.82, 2.24) is 19.2 Å². The SMILES string of the molecule is O=C1NCc2cnc3c(ccn3S(=O)(=O)c3ccccc3)c2N1CCN1CCOCC1. The number of hydrogen-bond acceptors (Lipinski definition) is 6. The monoisotopic (exact) mass is 441 g/mol. The van der Waals surface area contributed by atoms with Crippen molar-refractivity contribution in [2.24, 2.45) is 0 Å². The summed E-state index contributed by atoms with van der Waals surface area (Å²) >= 11 is 0. The highest BCUT2D eigenvalue weighted by molar-refractivity contribution is 7.90. The van der Waals surface area contributed by atoms with Gasteiger partial charge in [-0.15, -0.1) is 0 Å². The van der Waals surface area contributed by atoms with Gasteiger partial charge in [0.25, 0.3) is 10.0 Å². The Bertz CT molecular complexity index is 1220. The summed E-state index contributed by atoms with van der Waals surface area (Å²) in [6.45, 7) is 4.62. The molecule has 0 spiro atoms. The van der Waals surface area contributed by atoms with Crippen molar-refractivity contribution in [3.05, 3.63) is 54.4 Å². The molecule has 1 fully saturated rings. The summed E-state index contributed by atoms with van der Waals surface area (Å²) in [4.78, 5) is 21.3. The molecule has 2 aromatic heterocycles. The lowest BCUT2D eigenvalue weighted by Gasteiger charge is -2.33. The average Bonchev–Trinajstić information content (AvgIpc) is 3.25. The quantitative estimate of drug-likeness (QED) is 0.647. The van der Waals surface area contributed by atoms with E-state index in [9.17, 15) is 13.2 Å². The highest BCUT2D eigenvalue weighted by Crippen LogP contribution is 2.34. The number of nitrogens with zero attached hydrogens (tertiary/aromatic N) is 4. The van der Waals surface area contributed by atoms with E-state index >= 15 is 0 Å². The van der Waals surface area contributed by atoms with Crippen molar-refractivity contribution in [3.63, 3.8) is 0 Å². The molecule has 2 amide bonds. The first kappa shape index (κ1) is 20.0. The molecule has 0 radical (unpaired) electrons. The molecule has 0 saturated carbocycles. The third kappa shape index (κ3) is 3.56. The number of pyridine rings is 1. The number of nitrogens with one attached hydrogen (secondary N) is 1. The van der Waals surface area contributed by atoms with Crippen molar-refractivity contribution >= 4 is 32.8 Å². The summed E-state index contributed by atoms with van der Waals surface area (Å²) in [6.07, 6.45) is 3.16. The molecule has 0 atom stereocenters. The van der Waals surface area contributed by atoms with Gasteiger partial charge < -0.3 is 10.1 Å². The normalized spacial score (nSPS) is 17.5. The van der Waals surface area contributed by atoms with Crippen molar-refractivity contribution in [2.75, 3.05) is 44.3 Å². The molecule has 31 heavy (non-hydrogen) atoms. The fraction of sp³-hybridized carbons (Fsp3) is 0.333. The Hall–Kier alpha value is -2.95. The lowest BCUT2D eigenvalue weighted by atomic mass is 10.1. The highest BCUT2D eigenvalue weighted by atomic mass is 32.2. The minimum atomic E-state index is -3.80. The minimum Gasteiger partial charge on any atom is -0.379 e. The van der Waals surface area contributed by atoms with E-state index in [-0.39, 0.29) is 10.9 Å². The standard InChI is InChI=1S/C21H23N5O4S/c27-21-23-15-16-14-22-20-18(19(16)25(21)9-8-24-10-12-30-13-11-24)6-7-26(20)31(28,29)17-4-2-1-3-5-17/h1-7,14H,8-13,15H2,(H,23,27). The van der Waals surface area contributed by atoms with Gasteiger partial charge >= 0.3 is 6.03 Å². The van der Waals surface area contributed by atoms with Gasteiger partial charge in [0.2, 0.25) is 0 Å². The van der Waals surface area contributed by atoms with Gasteiger partial charge in [0.05, 0.1) is 23.8 Å². The molecule has 9 nitrogen and oxygen atoms in total. The van der Waals surface area contributed by atoms with E-state index in [4.69, 9.17) is 4.74 Å². The van der Waals surface area contributed by atoms with Crippen LogP contribution in [0, 0.1) is 0 Å². The van der Waals surface area contributed by atoms with Gasteiger partial charge in [-0.2, -0.15) is 0 Å². The molecular formula is C21H23N5O4S. The van der Waals surface area contributed by atoms with Crippen LogP contribution >= 0.6 is 0 Å². The van der Waals surface area contributed by atoms with E-state index in [2.05, 4.69) is 15.2 Å². The molecule has 0 unspecified atom stereocenters. The second-order valence-corrected chi connectivity index (χ2v) is 9.38. The van der Waals surface area contributed by atoms with Gasteiger partial charge in [0.1, 0.15) is 0 Å². The van der Waals surface area contributed by atoms with E-state index in [1.807, 2.05) is 0 Å². The van der Waals surface area contributed by atoms with E-state index in [1.54, 1.807) is 47.5 Å². The van der Waals surface area contributed by atoms with Crippen LogP contribution in [0.15, 0.2) is 53.7 Å². The Morgan fingerprint density at radius 2 is 1.84 bits per heavy atom. The van der Waals surface area contributed by atoms with Gasteiger partial charge in [-0.25, -0.2) is 22.2 Å². The molecular weight excluding hydrogens is 418 g/mol.